The highest BCUT2D eigenvalue weighted by Gasteiger charge is 2.25. The second kappa shape index (κ2) is 18.7. The molecule has 0 spiro atoms. The van der Waals surface area contributed by atoms with E-state index in [9.17, 15) is 29.1 Å². The number of aromatic nitrogens is 8. The maximum atomic E-state index is 13.8. The van der Waals surface area contributed by atoms with Gasteiger partial charge >= 0.3 is 5.97 Å². The monoisotopic (exact) mass is 863 g/mol. The SMILES string of the molecule is CCn1nc(C)cc1C(=O)Nc1nc2cc(C(N)=O)cc(OCCCN3CCOCC3)c2n1CC=CCn1c(NC(=O)c2cc(C)nn2CC)nc2cc(C(N)=O)cc(C(=O)O)c21. The molecule has 0 saturated carbocycles. The maximum absolute atomic E-state index is 13.8. The number of fused-ring (bicyclic) bond motifs is 2. The molecule has 0 radical (unpaired) electrons. The molecule has 4 amide bonds. The van der Waals surface area contributed by atoms with Gasteiger partial charge < -0.3 is 35.2 Å². The van der Waals surface area contributed by atoms with Gasteiger partial charge in [-0.1, -0.05) is 12.2 Å². The molecule has 4 aromatic heterocycles. The lowest BCUT2D eigenvalue weighted by Crippen LogP contribution is -2.37. The van der Waals surface area contributed by atoms with Crippen LogP contribution in [0.4, 0.5) is 11.9 Å². The van der Waals surface area contributed by atoms with Gasteiger partial charge in [-0.3, -0.25) is 44.1 Å². The highest BCUT2D eigenvalue weighted by Crippen LogP contribution is 2.32. The lowest BCUT2D eigenvalue weighted by Gasteiger charge is -2.26. The molecule has 2 aromatic carbocycles. The molecular weight excluding hydrogens is 815 g/mol. The number of nitrogens with one attached hydrogen (secondary N) is 2. The second-order valence-electron chi connectivity index (χ2n) is 14.9. The van der Waals surface area contributed by atoms with E-state index in [2.05, 4.69) is 30.7 Å². The van der Waals surface area contributed by atoms with E-state index in [-0.39, 0.29) is 58.4 Å². The number of primary amides is 2. The third-order valence-electron chi connectivity index (χ3n) is 10.5. The van der Waals surface area contributed by atoms with E-state index < -0.39 is 29.6 Å². The third-order valence-corrected chi connectivity index (χ3v) is 10.5. The number of aryl methyl sites for hydroxylation is 4. The van der Waals surface area contributed by atoms with Gasteiger partial charge in [-0.2, -0.15) is 10.2 Å². The summed E-state index contributed by atoms with van der Waals surface area (Å²) in [6, 6.07) is 8.90. The largest absolute Gasteiger partial charge is 0.491 e. The van der Waals surface area contributed by atoms with Crippen LogP contribution in [0.5, 0.6) is 5.75 Å². The van der Waals surface area contributed by atoms with E-state index in [1.165, 1.54) is 21.4 Å². The van der Waals surface area contributed by atoms with Gasteiger partial charge in [0, 0.05) is 56.9 Å². The lowest BCUT2D eigenvalue weighted by atomic mass is 10.1. The number of rotatable bonds is 18. The topological polar surface area (TPSA) is 275 Å². The molecule has 21 nitrogen and oxygen atoms in total. The molecule has 6 aromatic rings. The van der Waals surface area contributed by atoms with E-state index in [1.807, 2.05) is 13.8 Å². The molecule has 1 aliphatic heterocycles. The van der Waals surface area contributed by atoms with E-state index in [0.29, 0.717) is 73.2 Å². The van der Waals surface area contributed by atoms with Gasteiger partial charge in [0.1, 0.15) is 22.7 Å². The van der Waals surface area contributed by atoms with Gasteiger partial charge in [0.2, 0.25) is 23.7 Å². The Balaban J connectivity index is 1.27. The predicted octanol–water partition coefficient (Wildman–Crippen LogP) is 3.19. The van der Waals surface area contributed by atoms with Crippen molar-refractivity contribution in [1.82, 2.24) is 43.6 Å². The summed E-state index contributed by atoms with van der Waals surface area (Å²) in [6.07, 6.45) is 4.16. The van der Waals surface area contributed by atoms with Crippen molar-refractivity contribution in [3.8, 4) is 5.75 Å². The Morgan fingerprint density at radius 2 is 1.27 bits per heavy atom. The zero-order valence-corrected chi connectivity index (χ0v) is 35.4. The Labute approximate surface area is 360 Å². The zero-order valence-electron chi connectivity index (χ0n) is 35.4. The number of imidazole rings is 2. The fraction of sp³-hybridized carbons (Fsp3) is 0.357. The summed E-state index contributed by atoms with van der Waals surface area (Å²) in [5.74, 6) is -3.44. The smallest absolute Gasteiger partial charge is 0.337 e. The average Bonchev–Trinajstić information content (AvgIpc) is 4.02. The van der Waals surface area contributed by atoms with E-state index in [0.717, 1.165) is 25.7 Å². The molecule has 7 N–H and O–H groups in total. The Morgan fingerprint density at radius 1 is 0.762 bits per heavy atom. The molecule has 0 bridgehead atoms. The van der Waals surface area contributed by atoms with Crippen molar-refractivity contribution < 1.29 is 38.6 Å². The number of carbonyl (C=O) groups is 5. The molecule has 7 rings (SSSR count). The van der Waals surface area contributed by atoms with Gasteiger partial charge in [-0.25, -0.2) is 14.8 Å². The Morgan fingerprint density at radius 3 is 1.78 bits per heavy atom. The number of morpholine rings is 1. The van der Waals surface area contributed by atoms with E-state index in [1.54, 1.807) is 53.4 Å². The quantitative estimate of drug-likeness (QED) is 0.0614. The summed E-state index contributed by atoms with van der Waals surface area (Å²) in [7, 11) is 0. The van der Waals surface area contributed by atoms with Crippen LogP contribution in [0.25, 0.3) is 22.1 Å². The number of hydrogen-bond donors (Lipinski definition) is 5. The van der Waals surface area contributed by atoms with E-state index >= 15 is 0 Å². The molecule has 0 unspecified atom stereocenters. The first-order valence-electron chi connectivity index (χ1n) is 20.5. The number of nitrogens with zero attached hydrogens (tertiary/aromatic N) is 9. The first kappa shape index (κ1) is 43.7. The molecule has 63 heavy (non-hydrogen) atoms. The molecule has 1 aliphatic rings. The number of amides is 4. The zero-order chi connectivity index (χ0) is 44.9. The molecule has 0 atom stereocenters. The standard InChI is InChI=1S/C42H49N13O8/c1-5-54-31(18-24(3)49-54)38(58)47-41-45-29-21-26(36(43)56)20-28(40(60)61)34(29)52(41)11-7-8-12-53-35-30(46-42(53)48-39(59)32-19-25(4)50-55(32)6-2)22-27(37(44)57)23-33(35)63-15-9-10-51-13-16-62-17-14-51/h7-8,18-23H,5-6,9-17H2,1-4H3,(H2,43,56)(H2,44,57)(H,60,61)(H,45,47,58)(H,46,48,59). The number of anilines is 2. The van der Waals surface area contributed by atoms with Crippen molar-refractivity contribution in [3.05, 3.63) is 88.0 Å². The van der Waals surface area contributed by atoms with Crippen molar-refractivity contribution in [2.24, 2.45) is 11.5 Å². The average molecular weight is 864 g/mol. The fourth-order valence-electron chi connectivity index (χ4n) is 7.53. The van der Waals surface area contributed by atoms with Crippen LogP contribution in [0.1, 0.15) is 83.7 Å². The van der Waals surface area contributed by atoms with Crippen LogP contribution in [-0.4, -0.2) is 118 Å². The summed E-state index contributed by atoms with van der Waals surface area (Å²) in [5, 5.41) is 24.8. The van der Waals surface area contributed by atoms with Crippen LogP contribution >= 0.6 is 0 Å². The van der Waals surface area contributed by atoms with Crippen LogP contribution in [0.15, 0.2) is 48.6 Å². The molecular formula is C42H49N13O8. The highest BCUT2D eigenvalue weighted by atomic mass is 16.5. The number of nitrogens with two attached hydrogens (primary N) is 2. The molecule has 21 heteroatoms. The fourth-order valence-corrected chi connectivity index (χ4v) is 7.53. The molecule has 330 valence electrons. The number of aromatic carboxylic acids is 1. The molecule has 0 aliphatic carbocycles. The second-order valence-corrected chi connectivity index (χ2v) is 14.9. The minimum atomic E-state index is -1.34. The van der Waals surface area contributed by atoms with Gasteiger partial charge in [0.25, 0.3) is 11.8 Å². The molecule has 1 saturated heterocycles. The summed E-state index contributed by atoms with van der Waals surface area (Å²) in [4.78, 5) is 76.4. The Hall–Kier alpha value is -7.39. The van der Waals surface area contributed by atoms with Crippen molar-refractivity contribution in [3.63, 3.8) is 0 Å². The Bertz CT molecular complexity index is 2770. The highest BCUT2D eigenvalue weighted by molar-refractivity contribution is 6.08. The van der Waals surface area contributed by atoms with Crippen LogP contribution < -0.4 is 26.8 Å². The Kier molecular flexibility index (Phi) is 13.0. The number of hydrogen-bond acceptors (Lipinski definition) is 12. The first-order valence-corrected chi connectivity index (χ1v) is 20.5. The van der Waals surface area contributed by atoms with Gasteiger partial charge in [0.15, 0.2) is 0 Å². The summed E-state index contributed by atoms with van der Waals surface area (Å²) >= 11 is 0. The predicted molar refractivity (Wildman–Crippen MR) is 231 cm³/mol. The van der Waals surface area contributed by atoms with Crippen molar-refractivity contribution in [2.75, 3.05) is 50.1 Å². The maximum Gasteiger partial charge on any atom is 0.337 e. The number of carboxylic acids is 1. The van der Waals surface area contributed by atoms with Crippen molar-refractivity contribution in [1.29, 1.82) is 0 Å². The molecule has 5 heterocycles. The van der Waals surface area contributed by atoms with Gasteiger partial charge in [-0.15, -0.1) is 0 Å². The number of benzene rings is 2. The number of ether oxygens (including phenoxy) is 2. The van der Waals surface area contributed by atoms with Crippen LogP contribution in [0, 0.1) is 13.8 Å². The van der Waals surface area contributed by atoms with Gasteiger partial charge in [0.05, 0.1) is 53.3 Å². The first-order chi connectivity index (χ1) is 30.3. The van der Waals surface area contributed by atoms with Crippen LogP contribution in [0.3, 0.4) is 0 Å². The summed E-state index contributed by atoms with van der Waals surface area (Å²) < 4.78 is 18.1. The number of carbonyl (C=O) groups excluding carboxylic acids is 4. The van der Waals surface area contributed by atoms with E-state index in [4.69, 9.17) is 25.9 Å². The lowest BCUT2D eigenvalue weighted by molar-refractivity contribution is 0.0358. The summed E-state index contributed by atoms with van der Waals surface area (Å²) in [6.45, 7) is 12.2. The normalized spacial score (nSPS) is 13.3. The number of carboxylic acid groups (broad SMARTS) is 1. The van der Waals surface area contributed by atoms with Crippen molar-refractivity contribution >= 4 is 63.6 Å². The van der Waals surface area contributed by atoms with Crippen LogP contribution in [-0.2, 0) is 30.9 Å². The molecule has 1 fully saturated rings. The minimum Gasteiger partial charge on any atom is -0.491 e. The van der Waals surface area contributed by atoms with Crippen LogP contribution in [0.2, 0.25) is 0 Å². The minimum absolute atomic E-state index is 0.000820. The number of allylic oxidation sites excluding steroid dienone is 2. The summed E-state index contributed by atoms with van der Waals surface area (Å²) in [5.41, 5.74) is 14.0. The third kappa shape index (κ3) is 9.43. The van der Waals surface area contributed by atoms with Gasteiger partial charge in [-0.05, 0) is 70.5 Å². The van der Waals surface area contributed by atoms with Crippen molar-refractivity contribution in [2.45, 2.75) is 60.3 Å².